The summed E-state index contributed by atoms with van der Waals surface area (Å²) < 4.78 is 1.99. The third-order valence-electron chi connectivity index (χ3n) is 2.40. The first-order chi connectivity index (χ1) is 7.20. The van der Waals surface area contributed by atoms with Crippen molar-refractivity contribution in [3.63, 3.8) is 0 Å². The quantitative estimate of drug-likeness (QED) is 0.825. The number of imidazole rings is 1. The fraction of sp³-hybridized carbons (Fsp3) is 0.455. The van der Waals surface area contributed by atoms with Crippen molar-refractivity contribution < 1.29 is 0 Å². The molecule has 0 aliphatic carbocycles. The first kappa shape index (κ1) is 10.1. The molecule has 2 aromatic heterocycles. The van der Waals surface area contributed by atoms with Gasteiger partial charge in [0.1, 0.15) is 0 Å². The topological polar surface area (TPSA) is 42.2 Å². The number of rotatable bonds is 3. The highest BCUT2D eigenvalue weighted by molar-refractivity contribution is 5.32. The number of nitrogens with one attached hydrogen (secondary N) is 1. The van der Waals surface area contributed by atoms with E-state index in [4.69, 9.17) is 0 Å². The maximum Gasteiger partial charge on any atom is 0.233 e. The van der Waals surface area contributed by atoms with Crippen molar-refractivity contribution >= 4 is 5.78 Å². The molecule has 4 nitrogen and oxygen atoms in total. The van der Waals surface area contributed by atoms with E-state index in [1.807, 2.05) is 23.8 Å². The Morgan fingerprint density at radius 2 is 2.20 bits per heavy atom. The van der Waals surface area contributed by atoms with Gasteiger partial charge in [0.25, 0.3) is 0 Å². The number of hydrogen-bond donors (Lipinski definition) is 1. The molecule has 2 rings (SSSR count). The van der Waals surface area contributed by atoms with Crippen molar-refractivity contribution in [2.75, 3.05) is 7.05 Å². The number of fused-ring (bicyclic) bond motifs is 1. The Kier molecular flexibility index (Phi) is 2.68. The molecule has 0 atom stereocenters. The SMILES string of the molecule is CNCc1cn2cc(C(C)C)cnc2n1. The lowest BCUT2D eigenvalue weighted by Gasteiger charge is -2.03. The lowest BCUT2D eigenvalue weighted by molar-refractivity contribution is 0.797. The van der Waals surface area contributed by atoms with Crippen molar-refractivity contribution in [2.45, 2.75) is 26.3 Å². The van der Waals surface area contributed by atoms with Crippen LogP contribution in [-0.4, -0.2) is 21.4 Å². The van der Waals surface area contributed by atoms with Gasteiger partial charge in [-0.25, -0.2) is 9.97 Å². The van der Waals surface area contributed by atoms with Gasteiger partial charge in [-0.2, -0.15) is 0 Å². The average molecular weight is 204 g/mol. The van der Waals surface area contributed by atoms with Crippen LogP contribution in [0.1, 0.15) is 31.0 Å². The van der Waals surface area contributed by atoms with Crippen LogP contribution in [0.25, 0.3) is 5.78 Å². The summed E-state index contributed by atoms with van der Waals surface area (Å²) >= 11 is 0. The zero-order valence-corrected chi connectivity index (χ0v) is 9.36. The standard InChI is InChI=1S/C11H16N4/c1-8(2)9-4-13-11-14-10(5-12-3)7-15(11)6-9/h4,6-8,12H,5H2,1-3H3. The summed E-state index contributed by atoms with van der Waals surface area (Å²) in [4.78, 5) is 8.72. The monoisotopic (exact) mass is 204 g/mol. The summed E-state index contributed by atoms with van der Waals surface area (Å²) in [7, 11) is 1.91. The molecule has 2 aromatic rings. The first-order valence-corrected chi connectivity index (χ1v) is 5.19. The van der Waals surface area contributed by atoms with E-state index >= 15 is 0 Å². The van der Waals surface area contributed by atoms with E-state index in [0.29, 0.717) is 5.92 Å². The van der Waals surface area contributed by atoms with E-state index < -0.39 is 0 Å². The van der Waals surface area contributed by atoms with Crippen LogP contribution in [-0.2, 0) is 6.54 Å². The van der Waals surface area contributed by atoms with Crippen LogP contribution in [0, 0.1) is 0 Å². The third kappa shape index (κ3) is 1.99. The van der Waals surface area contributed by atoms with Crippen molar-refractivity contribution in [3.8, 4) is 0 Å². The van der Waals surface area contributed by atoms with Crippen LogP contribution < -0.4 is 5.32 Å². The Balaban J connectivity index is 2.43. The van der Waals surface area contributed by atoms with Gasteiger partial charge >= 0.3 is 0 Å². The van der Waals surface area contributed by atoms with Gasteiger partial charge in [0.15, 0.2) is 0 Å². The normalized spacial score (nSPS) is 11.5. The maximum atomic E-state index is 4.39. The minimum Gasteiger partial charge on any atom is -0.314 e. The van der Waals surface area contributed by atoms with Gasteiger partial charge in [-0.05, 0) is 18.5 Å². The van der Waals surface area contributed by atoms with Crippen LogP contribution in [0.4, 0.5) is 0 Å². The lowest BCUT2D eigenvalue weighted by atomic mass is 10.1. The summed E-state index contributed by atoms with van der Waals surface area (Å²) in [5.41, 5.74) is 2.25. The van der Waals surface area contributed by atoms with Crippen molar-refractivity contribution in [2.24, 2.45) is 0 Å². The number of aromatic nitrogens is 3. The smallest absolute Gasteiger partial charge is 0.233 e. The predicted molar refractivity (Wildman–Crippen MR) is 59.8 cm³/mol. The van der Waals surface area contributed by atoms with Gasteiger partial charge in [-0.15, -0.1) is 0 Å². The Labute approximate surface area is 89.4 Å². The molecule has 0 aliphatic rings. The zero-order valence-electron chi connectivity index (χ0n) is 9.36. The second-order valence-electron chi connectivity index (χ2n) is 4.01. The summed E-state index contributed by atoms with van der Waals surface area (Å²) in [6.07, 6.45) is 6.01. The molecule has 1 N–H and O–H groups in total. The van der Waals surface area contributed by atoms with E-state index in [2.05, 4.69) is 35.3 Å². The molecule has 0 bridgehead atoms. The van der Waals surface area contributed by atoms with Gasteiger partial charge in [-0.3, -0.25) is 4.40 Å². The van der Waals surface area contributed by atoms with E-state index in [0.717, 1.165) is 18.0 Å². The van der Waals surface area contributed by atoms with E-state index in [-0.39, 0.29) is 0 Å². The Morgan fingerprint density at radius 1 is 1.40 bits per heavy atom. The lowest BCUT2D eigenvalue weighted by Crippen LogP contribution is -2.04. The second-order valence-corrected chi connectivity index (χ2v) is 4.01. The molecule has 0 aromatic carbocycles. The molecule has 80 valence electrons. The van der Waals surface area contributed by atoms with Gasteiger partial charge in [0.05, 0.1) is 5.69 Å². The zero-order chi connectivity index (χ0) is 10.8. The third-order valence-corrected chi connectivity index (χ3v) is 2.40. The molecule has 2 heterocycles. The van der Waals surface area contributed by atoms with Crippen molar-refractivity contribution in [3.05, 3.63) is 29.8 Å². The van der Waals surface area contributed by atoms with Gasteiger partial charge in [-0.1, -0.05) is 13.8 Å². The molecule has 0 aliphatic heterocycles. The molecule has 0 unspecified atom stereocenters. The van der Waals surface area contributed by atoms with Crippen LogP contribution in [0.15, 0.2) is 18.6 Å². The van der Waals surface area contributed by atoms with Crippen molar-refractivity contribution in [1.29, 1.82) is 0 Å². The van der Waals surface area contributed by atoms with Gasteiger partial charge in [0, 0.05) is 25.1 Å². The molecule has 0 amide bonds. The highest BCUT2D eigenvalue weighted by Gasteiger charge is 2.04. The Morgan fingerprint density at radius 3 is 2.87 bits per heavy atom. The Bertz CT molecular complexity index is 459. The minimum atomic E-state index is 0.497. The molecule has 0 radical (unpaired) electrons. The van der Waals surface area contributed by atoms with Crippen molar-refractivity contribution in [1.82, 2.24) is 19.7 Å². The van der Waals surface area contributed by atoms with Crippen LogP contribution in [0.2, 0.25) is 0 Å². The molecule has 0 spiro atoms. The summed E-state index contributed by atoms with van der Waals surface area (Å²) in [5, 5.41) is 3.08. The van der Waals surface area contributed by atoms with Crippen LogP contribution in [0.5, 0.6) is 0 Å². The molecular weight excluding hydrogens is 188 g/mol. The van der Waals surface area contributed by atoms with Gasteiger partial charge < -0.3 is 5.32 Å². The number of hydrogen-bond acceptors (Lipinski definition) is 3. The fourth-order valence-corrected chi connectivity index (χ4v) is 1.51. The molecule has 15 heavy (non-hydrogen) atoms. The largest absolute Gasteiger partial charge is 0.314 e. The summed E-state index contributed by atoms with van der Waals surface area (Å²) in [5.74, 6) is 1.27. The molecular formula is C11H16N4. The fourth-order valence-electron chi connectivity index (χ4n) is 1.51. The van der Waals surface area contributed by atoms with Gasteiger partial charge in [0.2, 0.25) is 5.78 Å². The number of nitrogens with zero attached hydrogens (tertiary/aromatic N) is 3. The highest BCUT2D eigenvalue weighted by Crippen LogP contribution is 2.13. The average Bonchev–Trinajstić information content (AvgIpc) is 2.59. The second kappa shape index (κ2) is 3.98. The summed E-state index contributed by atoms with van der Waals surface area (Å²) in [6, 6.07) is 0. The Hall–Kier alpha value is -1.42. The predicted octanol–water partition coefficient (Wildman–Crippen LogP) is 1.57. The maximum absolute atomic E-state index is 4.39. The molecule has 0 saturated carbocycles. The first-order valence-electron chi connectivity index (χ1n) is 5.19. The minimum absolute atomic E-state index is 0.497. The van der Waals surface area contributed by atoms with E-state index in [1.165, 1.54) is 5.56 Å². The summed E-state index contributed by atoms with van der Waals surface area (Å²) in [6.45, 7) is 5.10. The van der Waals surface area contributed by atoms with E-state index in [1.54, 1.807) is 0 Å². The molecule has 0 fully saturated rings. The van der Waals surface area contributed by atoms with Crippen LogP contribution >= 0.6 is 0 Å². The molecule has 4 heteroatoms. The molecule has 0 saturated heterocycles. The van der Waals surface area contributed by atoms with E-state index in [9.17, 15) is 0 Å². The highest BCUT2D eigenvalue weighted by atomic mass is 15.1. The van der Waals surface area contributed by atoms with Crippen LogP contribution in [0.3, 0.4) is 0 Å².